The molecule has 3 N–H and O–H groups in total. The number of carboxylic acids is 1. The average Bonchev–Trinajstić information content (AvgIpc) is 2.62. The number of carbonyl (C=O) groups is 2. The first-order valence-electron chi connectivity index (χ1n) is 8.22. The second kappa shape index (κ2) is 9.25. The molecule has 2 rings (SSSR count). The number of hydrogen-bond donors (Lipinski definition) is 3. The minimum Gasteiger partial charge on any atom is -0.508 e. The number of anilines is 1. The Labute approximate surface area is 179 Å². The van der Waals surface area contributed by atoms with E-state index in [1.54, 1.807) is 50.2 Å². The van der Waals surface area contributed by atoms with Crippen LogP contribution in [0.3, 0.4) is 0 Å². The zero-order chi connectivity index (χ0) is 20.9. The number of hydrogen-bond acceptors (Lipinski definition) is 4. The van der Waals surface area contributed by atoms with E-state index in [1.807, 2.05) is 0 Å². The summed E-state index contributed by atoms with van der Waals surface area (Å²) in [4.78, 5) is 23.4. The Balaban J connectivity index is 2.34. The number of rotatable bonds is 6. The first kappa shape index (κ1) is 22.0. The molecule has 0 aliphatic rings. The van der Waals surface area contributed by atoms with Crippen molar-refractivity contribution in [1.29, 1.82) is 0 Å². The molecule has 148 valence electrons. The fourth-order valence-corrected chi connectivity index (χ4v) is 3.16. The summed E-state index contributed by atoms with van der Waals surface area (Å²) in [5.41, 5.74) is -0.0436. The van der Waals surface area contributed by atoms with Crippen molar-refractivity contribution < 1.29 is 24.5 Å². The van der Waals surface area contributed by atoms with Gasteiger partial charge in [0.15, 0.2) is 0 Å². The fraction of sp³-hybridized carbons (Fsp3) is 0.200. The van der Waals surface area contributed by atoms with Gasteiger partial charge in [-0.15, -0.1) is 0 Å². The monoisotopic (exact) mass is 511 g/mol. The van der Waals surface area contributed by atoms with Crippen molar-refractivity contribution in [1.82, 2.24) is 0 Å². The lowest BCUT2D eigenvalue weighted by Crippen LogP contribution is -2.28. The number of phenols is 1. The van der Waals surface area contributed by atoms with E-state index in [4.69, 9.17) is 9.84 Å². The van der Waals surface area contributed by atoms with Gasteiger partial charge in [-0.25, -0.2) is 9.59 Å². The van der Waals surface area contributed by atoms with E-state index in [9.17, 15) is 14.7 Å². The maximum Gasteiger partial charge on any atom is 0.412 e. The van der Waals surface area contributed by atoms with Crippen LogP contribution < -0.4 is 5.32 Å². The largest absolute Gasteiger partial charge is 0.508 e. The Hall–Kier alpha value is -2.32. The van der Waals surface area contributed by atoms with Crippen molar-refractivity contribution in [2.45, 2.75) is 20.0 Å². The second-order valence-corrected chi connectivity index (χ2v) is 8.44. The summed E-state index contributed by atoms with van der Waals surface area (Å²) in [5, 5.41) is 21.9. The number of aliphatic carboxylic acids is 1. The minimum absolute atomic E-state index is 0.0681. The van der Waals surface area contributed by atoms with E-state index in [2.05, 4.69) is 37.2 Å². The van der Waals surface area contributed by atoms with Crippen molar-refractivity contribution in [2.75, 3.05) is 5.32 Å². The first-order valence-corrected chi connectivity index (χ1v) is 9.81. The topological polar surface area (TPSA) is 95.9 Å². The number of carbonyl (C=O) groups excluding carboxylic acids is 1. The molecule has 0 saturated carbocycles. The zero-order valence-electron chi connectivity index (χ0n) is 15.1. The summed E-state index contributed by atoms with van der Waals surface area (Å²) >= 11 is 6.66. The lowest BCUT2D eigenvalue weighted by molar-refractivity contribution is -0.131. The lowest BCUT2D eigenvalue weighted by atomic mass is 9.81. The van der Waals surface area contributed by atoms with E-state index in [-0.39, 0.29) is 5.75 Å². The summed E-state index contributed by atoms with van der Waals surface area (Å²) in [6.07, 6.45) is 0.727. The number of nitrogens with one attached hydrogen (secondary N) is 1. The maximum absolute atomic E-state index is 12.5. The number of phenolic OH excluding ortho intramolecular Hbond substituents is 1. The summed E-state index contributed by atoms with van der Waals surface area (Å²) in [5.74, 6) is -1.19. The molecule has 6 nitrogen and oxygen atoms in total. The molecule has 0 aromatic heterocycles. The molecule has 2 aromatic rings. The van der Waals surface area contributed by atoms with Gasteiger partial charge >= 0.3 is 12.1 Å². The molecule has 0 bridgehead atoms. The van der Waals surface area contributed by atoms with Gasteiger partial charge in [-0.2, -0.15) is 0 Å². The minimum atomic E-state index is -1.12. The second-order valence-electron chi connectivity index (χ2n) is 6.61. The quantitative estimate of drug-likeness (QED) is 0.420. The van der Waals surface area contributed by atoms with Gasteiger partial charge in [-0.05, 0) is 42.5 Å². The van der Waals surface area contributed by atoms with E-state index in [0.717, 1.165) is 10.5 Å². The molecular formula is C20H19Br2NO5. The third-order valence-corrected chi connectivity index (χ3v) is 4.94. The summed E-state index contributed by atoms with van der Waals surface area (Å²) < 4.78 is 7.16. The Bertz CT molecular complexity index is 894. The molecule has 0 aliphatic carbocycles. The van der Waals surface area contributed by atoms with Crippen LogP contribution in [0.1, 0.15) is 25.5 Å². The normalized spacial score (nSPS) is 12.6. The van der Waals surface area contributed by atoms with Crippen molar-refractivity contribution in [3.63, 3.8) is 0 Å². The smallest absolute Gasteiger partial charge is 0.412 e. The van der Waals surface area contributed by atoms with Crippen molar-refractivity contribution in [2.24, 2.45) is 5.41 Å². The highest BCUT2D eigenvalue weighted by molar-refractivity contribution is 9.10. The third kappa shape index (κ3) is 6.10. The predicted octanol–water partition coefficient (Wildman–Crippen LogP) is 5.87. The number of ether oxygens (including phenoxy) is 1. The van der Waals surface area contributed by atoms with Crippen LogP contribution in [0.15, 0.2) is 63.6 Å². The predicted molar refractivity (Wildman–Crippen MR) is 113 cm³/mol. The van der Waals surface area contributed by atoms with Crippen LogP contribution in [0, 0.1) is 5.41 Å². The highest BCUT2D eigenvalue weighted by Gasteiger charge is 2.34. The molecule has 0 unspecified atom stereocenters. The van der Waals surface area contributed by atoms with Crippen LogP contribution in [0.2, 0.25) is 0 Å². The van der Waals surface area contributed by atoms with Crippen LogP contribution in [0.4, 0.5) is 10.5 Å². The highest BCUT2D eigenvalue weighted by atomic mass is 79.9. The van der Waals surface area contributed by atoms with E-state index in [0.29, 0.717) is 15.7 Å². The molecule has 1 amide bonds. The van der Waals surface area contributed by atoms with Crippen LogP contribution in [-0.4, -0.2) is 22.3 Å². The molecule has 0 aliphatic heterocycles. The van der Waals surface area contributed by atoms with Crippen LogP contribution in [0.5, 0.6) is 5.75 Å². The van der Waals surface area contributed by atoms with Gasteiger partial charge in [-0.3, -0.25) is 5.32 Å². The summed E-state index contributed by atoms with van der Waals surface area (Å²) in [6, 6.07) is 11.7. The third-order valence-electron chi connectivity index (χ3n) is 3.92. The van der Waals surface area contributed by atoms with Crippen molar-refractivity contribution >= 4 is 49.6 Å². The molecule has 0 saturated heterocycles. The Morgan fingerprint density at radius 3 is 2.32 bits per heavy atom. The highest BCUT2D eigenvalue weighted by Crippen LogP contribution is 2.42. The molecule has 0 spiro atoms. The zero-order valence-corrected chi connectivity index (χ0v) is 18.3. The van der Waals surface area contributed by atoms with Gasteiger partial charge in [0.25, 0.3) is 0 Å². The number of carboxylic acid groups (broad SMARTS) is 1. The fourth-order valence-electron chi connectivity index (χ4n) is 2.51. The van der Waals surface area contributed by atoms with Crippen LogP contribution in [0.25, 0.3) is 0 Å². The Kier molecular flexibility index (Phi) is 7.26. The molecule has 2 aromatic carbocycles. The maximum atomic E-state index is 12.5. The Morgan fingerprint density at radius 1 is 1.11 bits per heavy atom. The molecule has 28 heavy (non-hydrogen) atoms. The van der Waals surface area contributed by atoms with Crippen molar-refractivity contribution in [3.8, 4) is 5.75 Å². The van der Waals surface area contributed by atoms with Crippen LogP contribution in [-0.2, 0) is 9.53 Å². The molecular weight excluding hydrogens is 494 g/mol. The first-order chi connectivity index (χ1) is 13.1. The van der Waals surface area contributed by atoms with Gasteiger partial charge in [-0.1, -0.05) is 51.8 Å². The summed E-state index contributed by atoms with van der Waals surface area (Å²) in [6.45, 7) is 3.43. The SMILES string of the molecule is CC(C)(/C=C/C(=O)O)[C@@H](OC(=O)Nc1ccc(Br)cc1)c1cc(Br)ccc1O. The summed E-state index contributed by atoms with van der Waals surface area (Å²) in [7, 11) is 0. The molecule has 1 atom stereocenters. The molecule has 0 fully saturated rings. The van der Waals surface area contributed by atoms with E-state index < -0.39 is 23.6 Å². The van der Waals surface area contributed by atoms with Gasteiger partial charge in [0.1, 0.15) is 11.9 Å². The van der Waals surface area contributed by atoms with E-state index in [1.165, 1.54) is 12.1 Å². The molecule has 0 radical (unpaired) electrons. The standard InChI is InChI=1S/C20H19Br2NO5/c1-20(2,10-9-17(25)26)18(15-11-13(22)5-8-16(15)24)28-19(27)23-14-6-3-12(21)4-7-14/h3-11,18,24H,1-2H3,(H,23,27)(H,25,26)/b10-9+/t18-/m0/s1. The van der Waals surface area contributed by atoms with Gasteiger partial charge < -0.3 is 14.9 Å². The Morgan fingerprint density at radius 2 is 1.71 bits per heavy atom. The number of aromatic hydroxyl groups is 1. The van der Waals surface area contributed by atoms with Crippen molar-refractivity contribution in [3.05, 3.63) is 69.1 Å². The van der Waals surface area contributed by atoms with Gasteiger partial charge in [0, 0.05) is 31.7 Å². The van der Waals surface area contributed by atoms with Gasteiger partial charge in [0.2, 0.25) is 0 Å². The van der Waals surface area contributed by atoms with E-state index >= 15 is 0 Å². The molecule has 0 heterocycles. The van der Waals surface area contributed by atoms with Crippen LogP contribution >= 0.6 is 31.9 Å². The number of halogens is 2. The number of benzene rings is 2. The lowest BCUT2D eigenvalue weighted by Gasteiger charge is -2.32. The van der Waals surface area contributed by atoms with Gasteiger partial charge in [0.05, 0.1) is 0 Å². The average molecular weight is 513 g/mol. The molecule has 8 heteroatoms. The number of amides is 1.